The highest BCUT2D eigenvalue weighted by Crippen LogP contribution is 2.38. The van der Waals surface area contributed by atoms with Crippen LogP contribution < -0.4 is 5.32 Å². The van der Waals surface area contributed by atoms with Gasteiger partial charge < -0.3 is 5.32 Å². The highest BCUT2D eigenvalue weighted by atomic mass is 35.5. The number of hydrogen-bond donors (Lipinski definition) is 1. The van der Waals surface area contributed by atoms with Gasteiger partial charge in [-0.05, 0) is 36.1 Å². The van der Waals surface area contributed by atoms with Crippen molar-refractivity contribution in [3.63, 3.8) is 0 Å². The van der Waals surface area contributed by atoms with Gasteiger partial charge in [-0.3, -0.25) is 9.78 Å². The van der Waals surface area contributed by atoms with E-state index in [9.17, 15) is 13.6 Å². The van der Waals surface area contributed by atoms with Crippen molar-refractivity contribution in [2.45, 2.75) is 31.6 Å². The van der Waals surface area contributed by atoms with Gasteiger partial charge >= 0.3 is 0 Å². The van der Waals surface area contributed by atoms with Gasteiger partial charge in [0.1, 0.15) is 5.69 Å². The molecule has 0 aliphatic heterocycles. The molecule has 1 N–H and O–H groups in total. The molecule has 1 fully saturated rings. The molecule has 0 bridgehead atoms. The molecule has 1 aromatic carbocycles. The van der Waals surface area contributed by atoms with E-state index >= 15 is 0 Å². The zero-order valence-corrected chi connectivity index (χ0v) is 15.4. The number of carbonyl (C=O) groups is 1. The first-order valence-electron chi connectivity index (χ1n) is 8.42. The second kappa shape index (κ2) is 8.31. The van der Waals surface area contributed by atoms with Crippen LogP contribution in [0.4, 0.5) is 8.78 Å². The molecule has 1 amide bonds. The van der Waals surface area contributed by atoms with Gasteiger partial charge in [0.25, 0.3) is 12.3 Å². The molecule has 7 heteroatoms. The molecule has 3 nitrogen and oxygen atoms in total. The van der Waals surface area contributed by atoms with E-state index in [1.165, 1.54) is 12.3 Å². The molecular weight excluding hydrogens is 381 g/mol. The molecule has 1 unspecified atom stereocenters. The molecule has 26 heavy (non-hydrogen) atoms. The zero-order chi connectivity index (χ0) is 18.7. The standard InChI is InChI=1S/C19H18Cl2F2N2O/c20-14-2-1-3-15(21)17(14)19(26)25-10-13(8-11-4-5-11)12-6-7-16(18(22)23)24-9-12/h1-3,6-7,9,11,13,18H,4-5,8,10H2,(H,25,26). The number of aromatic nitrogens is 1. The fourth-order valence-electron chi connectivity index (χ4n) is 2.90. The number of halogens is 4. The average molecular weight is 399 g/mol. The van der Waals surface area contributed by atoms with Crippen LogP contribution in [-0.4, -0.2) is 17.4 Å². The molecule has 1 atom stereocenters. The van der Waals surface area contributed by atoms with Gasteiger partial charge in [-0.1, -0.05) is 48.2 Å². The lowest BCUT2D eigenvalue weighted by Gasteiger charge is -2.18. The number of hydrogen-bond acceptors (Lipinski definition) is 2. The van der Waals surface area contributed by atoms with Gasteiger partial charge in [0.05, 0.1) is 15.6 Å². The zero-order valence-electron chi connectivity index (χ0n) is 13.9. The molecule has 1 aliphatic carbocycles. The van der Waals surface area contributed by atoms with Crippen molar-refractivity contribution >= 4 is 29.1 Å². The van der Waals surface area contributed by atoms with Crippen molar-refractivity contribution in [3.8, 4) is 0 Å². The summed E-state index contributed by atoms with van der Waals surface area (Å²) >= 11 is 12.1. The molecular formula is C19H18Cl2F2N2O. The predicted molar refractivity (Wildman–Crippen MR) is 98.1 cm³/mol. The SMILES string of the molecule is O=C(NCC(CC1CC1)c1ccc(C(F)F)nc1)c1c(Cl)cccc1Cl. The van der Waals surface area contributed by atoms with Crippen LogP contribution in [0.15, 0.2) is 36.5 Å². The number of nitrogens with zero attached hydrogens (tertiary/aromatic N) is 1. The van der Waals surface area contributed by atoms with Crippen LogP contribution in [0, 0.1) is 5.92 Å². The minimum Gasteiger partial charge on any atom is -0.351 e. The van der Waals surface area contributed by atoms with E-state index in [1.54, 1.807) is 24.3 Å². The molecule has 138 valence electrons. The summed E-state index contributed by atoms with van der Waals surface area (Å²) in [6.07, 6.45) is 2.08. The van der Waals surface area contributed by atoms with Crippen LogP contribution in [0.1, 0.15) is 53.2 Å². The van der Waals surface area contributed by atoms with E-state index in [1.807, 2.05) is 0 Å². The maximum atomic E-state index is 12.7. The number of carbonyl (C=O) groups excluding carboxylic acids is 1. The first-order valence-corrected chi connectivity index (χ1v) is 9.17. The summed E-state index contributed by atoms with van der Waals surface area (Å²) < 4.78 is 25.4. The van der Waals surface area contributed by atoms with Crippen LogP contribution in [-0.2, 0) is 0 Å². The highest BCUT2D eigenvalue weighted by Gasteiger charge is 2.27. The molecule has 0 spiro atoms. The second-order valence-corrected chi connectivity index (χ2v) is 7.31. The predicted octanol–water partition coefficient (Wildman–Crippen LogP) is 5.64. The summed E-state index contributed by atoms with van der Waals surface area (Å²) in [4.78, 5) is 16.3. The maximum absolute atomic E-state index is 12.7. The molecule has 1 aromatic heterocycles. The third-order valence-electron chi connectivity index (χ3n) is 4.52. The van der Waals surface area contributed by atoms with Crippen molar-refractivity contribution in [1.29, 1.82) is 0 Å². The Morgan fingerprint density at radius 1 is 1.19 bits per heavy atom. The fraction of sp³-hybridized carbons (Fsp3) is 0.368. The average Bonchev–Trinajstić information content (AvgIpc) is 3.42. The Balaban J connectivity index is 1.71. The smallest absolute Gasteiger partial charge is 0.280 e. The molecule has 2 aromatic rings. The van der Waals surface area contributed by atoms with Crippen molar-refractivity contribution in [1.82, 2.24) is 10.3 Å². The number of rotatable bonds is 7. The van der Waals surface area contributed by atoms with Gasteiger partial charge in [-0.15, -0.1) is 0 Å². The van der Waals surface area contributed by atoms with Gasteiger partial charge in [-0.2, -0.15) is 0 Å². The van der Waals surface area contributed by atoms with Crippen LogP contribution >= 0.6 is 23.2 Å². The molecule has 1 aliphatic rings. The van der Waals surface area contributed by atoms with E-state index in [0.29, 0.717) is 12.5 Å². The number of pyridine rings is 1. The summed E-state index contributed by atoms with van der Waals surface area (Å²) in [5, 5.41) is 3.44. The fourth-order valence-corrected chi connectivity index (χ4v) is 3.47. The van der Waals surface area contributed by atoms with Gasteiger partial charge in [0.15, 0.2) is 0 Å². The molecule has 0 saturated heterocycles. The largest absolute Gasteiger partial charge is 0.351 e. The lowest BCUT2D eigenvalue weighted by atomic mass is 9.94. The van der Waals surface area contributed by atoms with E-state index in [2.05, 4.69) is 10.3 Å². The Hall–Kier alpha value is -1.72. The Morgan fingerprint density at radius 3 is 2.42 bits per heavy atom. The summed E-state index contributed by atoms with van der Waals surface area (Å²) in [5.41, 5.74) is 0.838. The van der Waals surface area contributed by atoms with E-state index < -0.39 is 6.43 Å². The lowest BCUT2D eigenvalue weighted by Crippen LogP contribution is -2.29. The minimum absolute atomic E-state index is 0.00642. The normalized spacial score (nSPS) is 15.1. The first kappa shape index (κ1) is 19.1. The van der Waals surface area contributed by atoms with E-state index in [4.69, 9.17) is 23.2 Å². The Morgan fingerprint density at radius 2 is 1.88 bits per heavy atom. The van der Waals surface area contributed by atoms with Crippen molar-refractivity contribution < 1.29 is 13.6 Å². The van der Waals surface area contributed by atoms with Crippen LogP contribution in [0.25, 0.3) is 0 Å². The molecule has 0 radical (unpaired) electrons. The number of alkyl halides is 2. The third-order valence-corrected chi connectivity index (χ3v) is 5.15. The molecule has 1 heterocycles. The lowest BCUT2D eigenvalue weighted by molar-refractivity contribution is 0.0950. The summed E-state index contributed by atoms with van der Waals surface area (Å²) in [5.74, 6) is 0.265. The Bertz CT molecular complexity index is 759. The van der Waals surface area contributed by atoms with Crippen LogP contribution in [0.3, 0.4) is 0 Å². The topological polar surface area (TPSA) is 42.0 Å². The molecule has 1 saturated carbocycles. The monoisotopic (exact) mass is 398 g/mol. The van der Waals surface area contributed by atoms with Crippen LogP contribution in [0.5, 0.6) is 0 Å². The number of amides is 1. The Labute approximate surface area is 160 Å². The van der Waals surface area contributed by atoms with Crippen molar-refractivity contribution in [3.05, 3.63) is 63.4 Å². The first-order chi connectivity index (χ1) is 12.5. The van der Waals surface area contributed by atoms with Crippen LogP contribution in [0.2, 0.25) is 10.0 Å². The number of nitrogens with one attached hydrogen (secondary N) is 1. The summed E-state index contributed by atoms with van der Waals surface area (Å²) in [6.45, 7) is 0.368. The minimum atomic E-state index is -2.59. The van der Waals surface area contributed by atoms with E-state index in [0.717, 1.165) is 24.8 Å². The quantitative estimate of drug-likeness (QED) is 0.655. The van der Waals surface area contributed by atoms with Gasteiger partial charge in [-0.25, -0.2) is 8.78 Å². The van der Waals surface area contributed by atoms with Crippen molar-refractivity contribution in [2.75, 3.05) is 6.54 Å². The number of benzene rings is 1. The second-order valence-electron chi connectivity index (χ2n) is 6.50. The molecule has 3 rings (SSSR count). The summed E-state index contributed by atoms with van der Waals surface area (Å²) in [7, 11) is 0. The van der Waals surface area contributed by atoms with Gasteiger partial charge in [0.2, 0.25) is 0 Å². The summed E-state index contributed by atoms with van der Waals surface area (Å²) in [6, 6.07) is 7.89. The Kier molecular flexibility index (Phi) is 6.09. The van der Waals surface area contributed by atoms with Gasteiger partial charge in [0, 0.05) is 18.7 Å². The maximum Gasteiger partial charge on any atom is 0.280 e. The van der Waals surface area contributed by atoms with Crippen molar-refractivity contribution in [2.24, 2.45) is 5.92 Å². The van der Waals surface area contributed by atoms with E-state index in [-0.39, 0.29) is 33.1 Å². The highest BCUT2D eigenvalue weighted by molar-refractivity contribution is 6.39. The third kappa shape index (κ3) is 4.71.